The van der Waals surface area contributed by atoms with Crippen LogP contribution in [0.1, 0.15) is 24.3 Å². The number of aliphatic hydroxyl groups excluding tert-OH is 1. The van der Waals surface area contributed by atoms with E-state index in [4.69, 9.17) is 0 Å². The van der Waals surface area contributed by atoms with Crippen molar-refractivity contribution in [2.45, 2.75) is 30.8 Å². The normalized spacial score (nSPS) is 26.6. The molecule has 0 spiro atoms. The van der Waals surface area contributed by atoms with Gasteiger partial charge in [-0.15, -0.1) is 0 Å². The van der Waals surface area contributed by atoms with Crippen molar-refractivity contribution in [3.63, 3.8) is 0 Å². The molecule has 1 aromatic heterocycles. The molecule has 3 atom stereocenters. The maximum absolute atomic E-state index is 12.6. The first-order chi connectivity index (χ1) is 13.7. The molecule has 3 fully saturated rings. The summed E-state index contributed by atoms with van der Waals surface area (Å²) in [4.78, 5) is 32.8. The Bertz CT molecular complexity index is 895. The first kappa shape index (κ1) is 17.4. The van der Waals surface area contributed by atoms with Crippen LogP contribution >= 0.6 is 0 Å². The third-order valence-corrected chi connectivity index (χ3v) is 6.28. The molecule has 0 unspecified atom stereocenters. The first-order valence-electron chi connectivity index (χ1n) is 9.88. The third kappa shape index (κ3) is 2.79. The number of benzene rings is 1. The lowest BCUT2D eigenvalue weighted by atomic mass is 9.73. The summed E-state index contributed by atoms with van der Waals surface area (Å²) < 4.78 is 0. The second-order valence-electron chi connectivity index (χ2n) is 8.00. The van der Waals surface area contributed by atoms with Crippen LogP contribution in [0.4, 0.5) is 0 Å². The van der Waals surface area contributed by atoms with Gasteiger partial charge in [-0.2, -0.15) is 0 Å². The maximum atomic E-state index is 12.6. The molecule has 3 heterocycles. The molecule has 6 nitrogen and oxygen atoms in total. The van der Waals surface area contributed by atoms with Gasteiger partial charge in [-0.25, -0.2) is 0 Å². The zero-order chi connectivity index (χ0) is 19.3. The summed E-state index contributed by atoms with van der Waals surface area (Å²) in [7, 11) is 0. The number of amides is 2. The van der Waals surface area contributed by atoms with E-state index >= 15 is 0 Å². The predicted octanol–water partition coefficient (Wildman–Crippen LogP) is 1.66. The van der Waals surface area contributed by atoms with E-state index in [1.807, 2.05) is 18.3 Å². The molecule has 0 bridgehead atoms. The van der Waals surface area contributed by atoms with Crippen LogP contribution in [0.15, 0.2) is 48.8 Å². The maximum Gasteiger partial charge on any atom is 0.242 e. The molecule has 1 aliphatic carbocycles. The van der Waals surface area contributed by atoms with Crippen LogP contribution < -0.4 is 0 Å². The molecule has 2 aromatic rings. The second kappa shape index (κ2) is 6.71. The molecule has 5 rings (SSSR count). The van der Waals surface area contributed by atoms with E-state index in [1.165, 1.54) is 0 Å². The molecule has 2 amide bonds. The number of hydrogen-bond acceptors (Lipinski definition) is 4. The van der Waals surface area contributed by atoms with Gasteiger partial charge in [-0.3, -0.25) is 14.6 Å². The van der Waals surface area contributed by atoms with Gasteiger partial charge < -0.3 is 14.9 Å². The second-order valence-corrected chi connectivity index (χ2v) is 8.00. The van der Waals surface area contributed by atoms with Gasteiger partial charge in [-0.05, 0) is 35.6 Å². The van der Waals surface area contributed by atoms with Crippen LogP contribution in [0.25, 0.3) is 11.1 Å². The van der Waals surface area contributed by atoms with Gasteiger partial charge >= 0.3 is 0 Å². The number of pyridine rings is 1. The summed E-state index contributed by atoms with van der Waals surface area (Å²) in [6.07, 6.45) is 5.46. The Kier molecular flexibility index (Phi) is 4.16. The van der Waals surface area contributed by atoms with E-state index in [1.54, 1.807) is 16.0 Å². The van der Waals surface area contributed by atoms with E-state index in [-0.39, 0.29) is 48.9 Å². The number of carbonyl (C=O) groups excluding carboxylic acids is 2. The number of carbonyl (C=O) groups is 2. The number of nitrogens with zero attached hydrogens (tertiary/aromatic N) is 3. The van der Waals surface area contributed by atoms with Gasteiger partial charge in [0, 0.05) is 30.8 Å². The van der Waals surface area contributed by atoms with Gasteiger partial charge in [0.1, 0.15) is 0 Å². The van der Waals surface area contributed by atoms with Crippen LogP contribution in [0.3, 0.4) is 0 Å². The lowest BCUT2D eigenvalue weighted by molar-refractivity contribution is -0.167. The van der Waals surface area contributed by atoms with E-state index in [0.29, 0.717) is 6.54 Å². The highest BCUT2D eigenvalue weighted by Gasteiger charge is 2.55. The Morgan fingerprint density at radius 3 is 2.57 bits per heavy atom. The summed E-state index contributed by atoms with van der Waals surface area (Å²) in [5, 5.41) is 9.90. The minimum absolute atomic E-state index is 0.0479. The molecule has 2 aliphatic heterocycles. The summed E-state index contributed by atoms with van der Waals surface area (Å²) in [5.41, 5.74) is 3.23. The molecular formula is C22H23N3O3. The van der Waals surface area contributed by atoms with Crippen molar-refractivity contribution < 1.29 is 14.7 Å². The molecular weight excluding hydrogens is 354 g/mol. The zero-order valence-electron chi connectivity index (χ0n) is 15.6. The lowest BCUT2D eigenvalue weighted by Gasteiger charge is -2.58. The number of fused-ring (bicyclic) bond motifs is 1. The molecule has 2 saturated heterocycles. The topological polar surface area (TPSA) is 73.7 Å². The smallest absolute Gasteiger partial charge is 0.242 e. The Labute approximate surface area is 163 Å². The third-order valence-electron chi connectivity index (χ3n) is 6.28. The number of piperazine rings is 1. The molecule has 1 saturated carbocycles. The van der Waals surface area contributed by atoms with Gasteiger partial charge in [0.2, 0.25) is 11.8 Å². The summed E-state index contributed by atoms with van der Waals surface area (Å²) >= 11 is 0. The Balaban J connectivity index is 1.39. The van der Waals surface area contributed by atoms with Gasteiger partial charge in [0.25, 0.3) is 0 Å². The summed E-state index contributed by atoms with van der Waals surface area (Å²) in [5.74, 6) is 0.232. The van der Waals surface area contributed by atoms with Gasteiger partial charge in [0.15, 0.2) is 0 Å². The minimum Gasteiger partial charge on any atom is -0.394 e. The minimum atomic E-state index is -0.208. The number of aliphatic hydroxyl groups is 1. The molecule has 144 valence electrons. The Morgan fingerprint density at radius 2 is 1.93 bits per heavy atom. The molecule has 1 N–H and O–H groups in total. The molecule has 3 aliphatic rings. The van der Waals surface area contributed by atoms with E-state index < -0.39 is 0 Å². The molecule has 0 radical (unpaired) electrons. The Morgan fingerprint density at radius 1 is 1.14 bits per heavy atom. The SMILES string of the molecule is O=C(C1CC1)N1CC(=O)N2[C@H](CO)[C@@H](c3ccc(-c4cccnc4)cc3)[C@@H]2C1. The Hall–Kier alpha value is -2.73. The number of hydrogen-bond donors (Lipinski definition) is 1. The average Bonchev–Trinajstić information content (AvgIpc) is 3.55. The summed E-state index contributed by atoms with van der Waals surface area (Å²) in [6.45, 7) is 0.648. The highest BCUT2D eigenvalue weighted by molar-refractivity contribution is 5.89. The van der Waals surface area contributed by atoms with Crippen LogP contribution in [0, 0.1) is 5.92 Å². The van der Waals surface area contributed by atoms with Gasteiger partial charge in [0.05, 0.1) is 25.2 Å². The van der Waals surface area contributed by atoms with Crippen LogP contribution in [0.5, 0.6) is 0 Å². The lowest BCUT2D eigenvalue weighted by Crippen LogP contribution is -2.73. The predicted molar refractivity (Wildman–Crippen MR) is 103 cm³/mol. The van der Waals surface area contributed by atoms with E-state index in [9.17, 15) is 14.7 Å². The van der Waals surface area contributed by atoms with E-state index in [2.05, 4.69) is 29.2 Å². The average molecular weight is 377 g/mol. The van der Waals surface area contributed by atoms with Crippen molar-refractivity contribution in [1.82, 2.24) is 14.8 Å². The van der Waals surface area contributed by atoms with Crippen LogP contribution in [-0.2, 0) is 9.59 Å². The molecule has 28 heavy (non-hydrogen) atoms. The highest BCUT2D eigenvalue weighted by Crippen LogP contribution is 2.44. The quantitative estimate of drug-likeness (QED) is 0.879. The van der Waals surface area contributed by atoms with Crippen molar-refractivity contribution in [3.8, 4) is 11.1 Å². The van der Waals surface area contributed by atoms with Gasteiger partial charge in [-0.1, -0.05) is 30.3 Å². The largest absolute Gasteiger partial charge is 0.394 e. The monoisotopic (exact) mass is 377 g/mol. The number of aromatic nitrogens is 1. The number of rotatable bonds is 4. The van der Waals surface area contributed by atoms with Crippen molar-refractivity contribution in [1.29, 1.82) is 0 Å². The van der Waals surface area contributed by atoms with Crippen LogP contribution in [-0.4, -0.2) is 63.5 Å². The van der Waals surface area contributed by atoms with E-state index in [0.717, 1.165) is 29.5 Å². The van der Waals surface area contributed by atoms with Crippen molar-refractivity contribution >= 4 is 11.8 Å². The molecule has 1 aromatic carbocycles. The zero-order valence-corrected chi connectivity index (χ0v) is 15.6. The fourth-order valence-electron chi connectivity index (χ4n) is 4.69. The van der Waals surface area contributed by atoms with Crippen molar-refractivity contribution in [3.05, 3.63) is 54.4 Å². The first-order valence-corrected chi connectivity index (χ1v) is 9.88. The highest BCUT2D eigenvalue weighted by atomic mass is 16.3. The standard InChI is InChI=1S/C22H23N3O3/c26-13-19-21(15-5-3-14(4-6-15)17-2-1-9-23-10-17)18-11-24(12-20(27)25(18)19)22(28)16-7-8-16/h1-6,9-10,16,18-19,21,26H,7-8,11-13H2/t18-,19+,21-/m0/s1. The fraction of sp³-hybridized carbons (Fsp3) is 0.409. The molecule has 6 heteroatoms. The fourth-order valence-corrected chi connectivity index (χ4v) is 4.69. The van der Waals surface area contributed by atoms with Crippen LogP contribution in [0.2, 0.25) is 0 Å². The van der Waals surface area contributed by atoms with Crippen molar-refractivity contribution in [2.24, 2.45) is 5.92 Å². The summed E-state index contributed by atoms with van der Waals surface area (Å²) in [6, 6.07) is 11.9. The van der Waals surface area contributed by atoms with Crippen molar-refractivity contribution in [2.75, 3.05) is 19.7 Å².